The molecular formula is C21H38N3. The summed E-state index contributed by atoms with van der Waals surface area (Å²) in [5.41, 5.74) is 0. The molecule has 0 amide bonds. The molecule has 0 atom stereocenters. The Labute approximate surface area is 150 Å². The normalized spacial score (nSPS) is 11.1. The van der Waals surface area contributed by atoms with Gasteiger partial charge in [0.15, 0.2) is 0 Å². The molecule has 0 unspecified atom stereocenters. The summed E-state index contributed by atoms with van der Waals surface area (Å²) < 4.78 is 0. The first-order valence-electron chi connectivity index (χ1n) is 10.3. The first-order chi connectivity index (χ1) is 11.8. The predicted molar refractivity (Wildman–Crippen MR) is 103 cm³/mol. The van der Waals surface area contributed by atoms with Crippen LogP contribution >= 0.6 is 0 Å². The maximum absolute atomic E-state index is 4.70. The molecule has 24 heavy (non-hydrogen) atoms. The molecule has 0 N–H and O–H groups in total. The van der Waals surface area contributed by atoms with Crippen LogP contribution in [0.5, 0.6) is 0 Å². The molecule has 0 saturated carbocycles. The Morgan fingerprint density at radius 1 is 0.542 bits per heavy atom. The van der Waals surface area contributed by atoms with Crippen LogP contribution in [0.25, 0.3) is 0 Å². The second-order valence-corrected chi connectivity index (χ2v) is 6.87. The van der Waals surface area contributed by atoms with Gasteiger partial charge in [-0.15, -0.1) is 0 Å². The van der Waals surface area contributed by atoms with E-state index < -0.39 is 0 Å². The highest BCUT2D eigenvalue weighted by Crippen LogP contribution is 2.10. The highest BCUT2D eigenvalue weighted by molar-refractivity contribution is 4.99. The Hall–Kier alpha value is -0.990. The van der Waals surface area contributed by atoms with Gasteiger partial charge in [-0.25, -0.2) is 15.0 Å². The summed E-state index contributed by atoms with van der Waals surface area (Å²) in [6.45, 7) is 8.47. The maximum Gasteiger partial charge on any atom is 0.132 e. The molecule has 1 aromatic heterocycles. The van der Waals surface area contributed by atoms with E-state index in [0.717, 1.165) is 30.3 Å². The van der Waals surface area contributed by atoms with Gasteiger partial charge in [0.05, 0.1) is 0 Å². The summed E-state index contributed by atoms with van der Waals surface area (Å²) in [4.78, 5) is 13.8. The van der Waals surface area contributed by atoms with Crippen LogP contribution in [0.15, 0.2) is 0 Å². The predicted octanol–water partition coefficient (Wildman–Crippen LogP) is 6.05. The fraction of sp³-hybridized carbons (Fsp3) is 0.810. The Balaban J connectivity index is 2.34. The quantitative estimate of drug-likeness (QED) is 0.367. The number of rotatable bonds is 15. The van der Waals surface area contributed by atoms with Gasteiger partial charge < -0.3 is 0 Å². The molecule has 1 heterocycles. The van der Waals surface area contributed by atoms with Crippen LogP contribution in [0.1, 0.15) is 108 Å². The molecule has 0 aromatic carbocycles. The number of aromatic nitrogens is 3. The van der Waals surface area contributed by atoms with Crippen molar-refractivity contribution in [2.24, 2.45) is 0 Å². The second kappa shape index (κ2) is 14.4. The number of unbranched alkanes of at least 4 members (excludes halogenated alkanes) is 10. The summed E-state index contributed by atoms with van der Waals surface area (Å²) in [7, 11) is 0. The lowest BCUT2D eigenvalue weighted by molar-refractivity contribution is 0.586. The molecular weight excluding hydrogens is 294 g/mol. The summed E-state index contributed by atoms with van der Waals surface area (Å²) in [6.07, 6.45) is 18.4. The lowest BCUT2D eigenvalue weighted by atomic mass is 10.1. The largest absolute Gasteiger partial charge is 0.218 e. The fourth-order valence-electron chi connectivity index (χ4n) is 2.98. The van der Waals surface area contributed by atoms with Gasteiger partial charge in [0.1, 0.15) is 17.5 Å². The van der Waals surface area contributed by atoms with Crippen LogP contribution in [-0.2, 0) is 19.3 Å². The van der Waals surface area contributed by atoms with Crippen LogP contribution in [-0.4, -0.2) is 15.0 Å². The molecule has 0 aliphatic heterocycles. The van der Waals surface area contributed by atoms with E-state index in [1.165, 1.54) is 77.0 Å². The number of hydrogen-bond acceptors (Lipinski definition) is 3. The third kappa shape index (κ3) is 10.00. The molecule has 0 bridgehead atoms. The standard InChI is InChI=1S/C21H38N3/c1-4-7-9-11-13-15-17-20-22-19(6-3)23-21(24-20)18-16-14-12-10-8-5-2/h3-18H2,1-2H3. The summed E-state index contributed by atoms with van der Waals surface area (Å²) in [5, 5.41) is 0. The number of hydrogen-bond donors (Lipinski definition) is 0. The number of nitrogens with zero attached hydrogens (tertiary/aromatic N) is 3. The second-order valence-electron chi connectivity index (χ2n) is 6.87. The Morgan fingerprint density at radius 3 is 1.33 bits per heavy atom. The third-order valence-corrected chi connectivity index (χ3v) is 4.51. The highest BCUT2D eigenvalue weighted by Gasteiger charge is 2.06. The average molecular weight is 333 g/mol. The molecule has 0 saturated heterocycles. The molecule has 137 valence electrons. The minimum atomic E-state index is 0.662. The van der Waals surface area contributed by atoms with E-state index in [2.05, 4.69) is 30.7 Å². The van der Waals surface area contributed by atoms with E-state index in [9.17, 15) is 0 Å². The molecule has 0 aliphatic rings. The van der Waals surface area contributed by atoms with Gasteiger partial charge in [0.2, 0.25) is 0 Å². The highest BCUT2D eigenvalue weighted by atomic mass is 15.0. The third-order valence-electron chi connectivity index (χ3n) is 4.51. The minimum Gasteiger partial charge on any atom is -0.218 e. The fourth-order valence-corrected chi connectivity index (χ4v) is 2.98. The van der Waals surface area contributed by atoms with Gasteiger partial charge in [-0.1, -0.05) is 78.1 Å². The van der Waals surface area contributed by atoms with Gasteiger partial charge >= 0.3 is 0 Å². The lowest BCUT2D eigenvalue weighted by Gasteiger charge is -2.07. The average Bonchev–Trinajstić information content (AvgIpc) is 2.61. The maximum atomic E-state index is 4.70. The summed E-state index contributed by atoms with van der Waals surface area (Å²) >= 11 is 0. The zero-order valence-corrected chi connectivity index (χ0v) is 16.2. The van der Waals surface area contributed by atoms with Crippen LogP contribution in [0.3, 0.4) is 0 Å². The van der Waals surface area contributed by atoms with E-state index >= 15 is 0 Å². The topological polar surface area (TPSA) is 38.7 Å². The van der Waals surface area contributed by atoms with Crippen molar-refractivity contribution in [1.82, 2.24) is 15.0 Å². The van der Waals surface area contributed by atoms with Crippen LogP contribution in [0.4, 0.5) is 0 Å². The first kappa shape index (κ1) is 21.1. The Bertz CT molecular complexity index is 383. The molecule has 0 aliphatic carbocycles. The van der Waals surface area contributed by atoms with Gasteiger partial charge in [-0.2, -0.15) is 0 Å². The van der Waals surface area contributed by atoms with E-state index in [1.54, 1.807) is 0 Å². The SMILES string of the molecule is [CH2]Cc1nc(CCCCCCCC)nc(CCCCCCCC)n1. The van der Waals surface area contributed by atoms with Crippen molar-refractivity contribution in [3.05, 3.63) is 24.4 Å². The monoisotopic (exact) mass is 332 g/mol. The molecule has 1 radical (unpaired) electrons. The molecule has 1 rings (SSSR count). The van der Waals surface area contributed by atoms with E-state index in [4.69, 9.17) is 4.98 Å². The molecule has 3 nitrogen and oxygen atoms in total. The van der Waals surface area contributed by atoms with Crippen molar-refractivity contribution in [2.45, 2.75) is 110 Å². The number of aryl methyl sites for hydroxylation is 2. The zero-order chi connectivity index (χ0) is 17.5. The molecule has 0 spiro atoms. The Morgan fingerprint density at radius 2 is 0.917 bits per heavy atom. The Kier molecular flexibility index (Phi) is 12.6. The van der Waals surface area contributed by atoms with Crippen LogP contribution in [0, 0.1) is 6.92 Å². The molecule has 0 fully saturated rings. The van der Waals surface area contributed by atoms with Crippen molar-refractivity contribution >= 4 is 0 Å². The van der Waals surface area contributed by atoms with E-state index in [-0.39, 0.29) is 0 Å². The van der Waals surface area contributed by atoms with Crippen molar-refractivity contribution in [2.75, 3.05) is 0 Å². The van der Waals surface area contributed by atoms with Gasteiger partial charge in [0.25, 0.3) is 0 Å². The summed E-state index contributed by atoms with van der Waals surface area (Å²) in [6, 6.07) is 0. The van der Waals surface area contributed by atoms with Crippen molar-refractivity contribution in [1.29, 1.82) is 0 Å². The van der Waals surface area contributed by atoms with Gasteiger partial charge in [-0.05, 0) is 19.8 Å². The van der Waals surface area contributed by atoms with Crippen molar-refractivity contribution < 1.29 is 0 Å². The van der Waals surface area contributed by atoms with Gasteiger partial charge in [0, 0.05) is 19.3 Å². The molecule has 3 heteroatoms. The minimum absolute atomic E-state index is 0.662. The van der Waals surface area contributed by atoms with Crippen molar-refractivity contribution in [3.63, 3.8) is 0 Å². The van der Waals surface area contributed by atoms with Gasteiger partial charge in [-0.3, -0.25) is 0 Å². The van der Waals surface area contributed by atoms with E-state index in [0.29, 0.717) is 6.42 Å². The van der Waals surface area contributed by atoms with E-state index in [1.807, 2.05) is 0 Å². The zero-order valence-electron chi connectivity index (χ0n) is 16.2. The van der Waals surface area contributed by atoms with Crippen molar-refractivity contribution in [3.8, 4) is 0 Å². The van der Waals surface area contributed by atoms with Crippen LogP contribution in [0.2, 0.25) is 0 Å². The smallest absolute Gasteiger partial charge is 0.132 e. The lowest BCUT2D eigenvalue weighted by Crippen LogP contribution is -2.08. The van der Waals surface area contributed by atoms with Crippen LogP contribution < -0.4 is 0 Å². The summed E-state index contributed by atoms with van der Waals surface area (Å²) in [5.74, 6) is 2.84. The molecule has 1 aromatic rings. The first-order valence-corrected chi connectivity index (χ1v) is 10.3.